The van der Waals surface area contributed by atoms with Crippen LogP contribution in [0.25, 0.3) is 0 Å². The number of phenols is 1. The number of hydrogen-bond donors (Lipinski definition) is 1. The van der Waals surface area contributed by atoms with Crippen LogP contribution in [0.2, 0.25) is 0 Å². The van der Waals surface area contributed by atoms with Gasteiger partial charge < -0.3 is 14.6 Å². The lowest BCUT2D eigenvalue weighted by atomic mass is 9.51. The summed E-state index contributed by atoms with van der Waals surface area (Å²) in [6, 6.07) is 19.1. The first-order valence-corrected chi connectivity index (χ1v) is 15.9. The summed E-state index contributed by atoms with van der Waals surface area (Å²) >= 11 is 2.17. The van der Waals surface area contributed by atoms with E-state index < -0.39 is 35.0 Å². The number of methoxy groups -OCH3 is 2. The first-order valence-electron chi connectivity index (χ1n) is 14.8. The highest BCUT2D eigenvalue weighted by atomic mass is 127. The van der Waals surface area contributed by atoms with Gasteiger partial charge in [0.25, 0.3) is 0 Å². The number of nitrogens with zero attached hydrogens (tertiary/aromatic N) is 2. The smallest absolute Gasteiger partial charge is 0.241 e. The minimum atomic E-state index is -1.32. The van der Waals surface area contributed by atoms with Crippen molar-refractivity contribution in [2.45, 2.75) is 25.7 Å². The molecule has 0 unspecified atom stereocenters. The standard InChI is InChI=1S/C35H31IN2O7/c1-35-25(32(41)38(34(35)43)19-7-5-4-6-8-19)17-24-22(30(35)29-26(39)15-21(44-2)16-27(29)45-3)13-14-23-28(24)33(42)37(31(23)40)20-11-9-18(36)10-12-20/h4-13,15-16,23-25,28,30,39H,14,17H2,1-3H3/t23-,24+,25-,28-,30+,35+/m0/s1. The number of amides is 4. The number of ether oxygens (including phenoxy) is 2. The number of carbonyl (C=O) groups is 4. The molecule has 3 fully saturated rings. The number of anilines is 2. The van der Waals surface area contributed by atoms with Gasteiger partial charge in [-0.25, -0.2) is 4.90 Å². The van der Waals surface area contributed by atoms with E-state index in [9.17, 15) is 24.3 Å². The maximum Gasteiger partial charge on any atom is 0.241 e. The van der Waals surface area contributed by atoms with Gasteiger partial charge in [-0.15, -0.1) is 0 Å². The third-order valence-electron chi connectivity index (χ3n) is 10.2. The molecule has 45 heavy (non-hydrogen) atoms. The molecule has 1 N–H and O–H groups in total. The summed E-state index contributed by atoms with van der Waals surface area (Å²) in [7, 11) is 2.95. The Morgan fingerprint density at radius 1 is 0.844 bits per heavy atom. The molecule has 2 heterocycles. The van der Waals surface area contributed by atoms with E-state index >= 15 is 0 Å². The zero-order valence-electron chi connectivity index (χ0n) is 24.9. The summed E-state index contributed by atoms with van der Waals surface area (Å²) in [5.41, 5.74) is 0.760. The normalized spacial score (nSPS) is 28.9. The molecule has 0 spiro atoms. The van der Waals surface area contributed by atoms with Crippen molar-refractivity contribution in [1.29, 1.82) is 0 Å². The molecular weight excluding hydrogens is 687 g/mol. The Hall–Kier alpha value is -4.19. The van der Waals surface area contributed by atoms with E-state index in [1.165, 1.54) is 30.1 Å². The van der Waals surface area contributed by atoms with Crippen LogP contribution in [0.1, 0.15) is 31.2 Å². The fourth-order valence-corrected chi connectivity index (χ4v) is 8.51. The molecule has 0 bridgehead atoms. The molecule has 3 aromatic rings. The molecule has 7 rings (SSSR count). The first kappa shape index (κ1) is 29.5. The molecule has 0 radical (unpaired) electrons. The third kappa shape index (κ3) is 4.17. The van der Waals surface area contributed by atoms with Crippen LogP contribution in [0.15, 0.2) is 78.4 Å². The number of benzene rings is 3. The molecule has 9 nitrogen and oxygen atoms in total. The van der Waals surface area contributed by atoms with Crippen molar-refractivity contribution in [3.8, 4) is 17.2 Å². The van der Waals surface area contributed by atoms with E-state index in [0.29, 0.717) is 34.9 Å². The van der Waals surface area contributed by atoms with Gasteiger partial charge in [-0.05, 0) is 84.7 Å². The van der Waals surface area contributed by atoms with Crippen LogP contribution in [0.3, 0.4) is 0 Å². The number of carbonyl (C=O) groups excluding carboxylic acids is 4. The average molecular weight is 719 g/mol. The topological polar surface area (TPSA) is 113 Å². The van der Waals surface area contributed by atoms with E-state index in [1.807, 2.05) is 24.3 Å². The van der Waals surface area contributed by atoms with Crippen molar-refractivity contribution in [1.82, 2.24) is 0 Å². The lowest BCUT2D eigenvalue weighted by molar-refractivity contribution is -0.131. The second-order valence-electron chi connectivity index (χ2n) is 12.2. The number of rotatable bonds is 5. The highest BCUT2D eigenvalue weighted by Gasteiger charge is 2.68. The van der Waals surface area contributed by atoms with Crippen molar-refractivity contribution in [3.05, 3.63) is 87.5 Å². The molecule has 2 saturated heterocycles. The monoisotopic (exact) mass is 718 g/mol. The molecule has 3 aromatic carbocycles. The summed E-state index contributed by atoms with van der Waals surface area (Å²) in [6.07, 6.45) is 2.46. The maximum absolute atomic E-state index is 14.6. The van der Waals surface area contributed by atoms with Crippen LogP contribution in [0.5, 0.6) is 17.2 Å². The highest BCUT2D eigenvalue weighted by molar-refractivity contribution is 14.1. The Balaban J connectivity index is 1.41. The molecular formula is C35H31IN2O7. The van der Waals surface area contributed by atoms with Gasteiger partial charge in [0, 0.05) is 27.2 Å². The fraction of sp³-hybridized carbons (Fsp3) is 0.314. The Bertz CT molecular complexity index is 1790. The van der Waals surface area contributed by atoms with Gasteiger partial charge in [0.15, 0.2) is 0 Å². The van der Waals surface area contributed by atoms with Crippen molar-refractivity contribution < 1.29 is 33.8 Å². The van der Waals surface area contributed by atoms with Gasteiger partial charge in [-0.1, -0.05) is 29.8 Å². The van der Waals surface area contributed by atoms with Gasteiger partial charge >= 0.3 is 0 Å². The molecule has 6 atom stereocenters. The summed E-state index contributed by atoms with van der Waals surface area (Å²) in [5.74, 6) is -4.28. The molecule has 4 amide bonds. The minimum absolute atomic E-state index is 0.146. The van der Waals surface area contributed by atoms with Crippen LogP contribution in [-0.2, 0) is 19.2 Å². The summed E-state index contributed by atoms with van der Waals surface area (Å²) in [5, 5.41) is 11.5. The van der Waals surface area contributed by atoms with E-state index in [1.54, 1.807) is 49.4 Å². The van der Waals surface area contributed by atoms with E-state index in [0.717, 1.165) is 9.14 Å². The largest absolute Gasteiger partial charge is 0.507 e. The van der Waals surface area contributed by atoms with E-state index in [4.69, 9.17) is 9.47 Å². The van der Waals surface area contributed by atoms with Crippen molar-refractivity contribution in [2.75, 3.05) is 24.0 Å². The Morgan fingerprint density at radius 3 is 2.20 bits per heavy atom. The SMILES string of the molecule is COc1cc(O)c([C@H]2C3=CC[C@@H]4C(=O)N(c5ccc(I)cc5)C(=O)[C@@H]4[C@@H]3C[C@H]3C(=O)N(c4ccccc4)C(=O)[C@@]23C)c(OC)c1. The quantitative estimate of drug-likeness (QED) is 0.212. The zero-order chi connectivity index (χ0) is 31.8. The van der Waals surface area contributed by atoms with E-state index in [-0.39, 0.29) is 35.8 Å². The number of fused-ring (bicyclic) bond motifs is 4. The van der Waals surface area contributed by atoms with Crippen LogP contribution in [-0.4, -0.2) is 43.0 Å². The highest BCUT2D eigenvalue weighted by Crippen LogP contribution is 2.65. The predicted molar refractivity (Wildman–Crippen MR) is 174 cm³/mol. The Kier molecular flexibility index (Phi) is 7.03. The third-order valence-corrected chi connectivity index (χ3v) is 10.9. The number of halogens is 1. The number of aromatic hydroxyl groups is 1. The second-order valence-corrected chi connectivity index (χ2v) is 13.5. The number of phenolic OH excluding ortho intramolecular Hbond substituents is 1. The van der Waals surface area contributed by atoms with Gasteiger partial charge in [-0.2, -0.15) is 0 Å². The van der Waals surface area contributed by atoms with Crippen LogP contribution in [0.4, 0.5) is 11.4 Å². The van der Waals surface area contributed by atoms with Crippen LogP contribution >= 0.6 is 22.6 Å². The Labute approximate surface area is 273 Å². The van der Waals surface area contributed by atoms with E-state index in [2.05, 4.69) is 22.6 Å². The molecule has 0 aromatic heterocycles. The summed E-state index contributed by atoms with van der Waals surface area (Å²) in [4.78, 5) is 59.4. The lowest BCUT2D eigenvalue weighted by Crippen LogP contribution is -2.49. The molecule has 1 saturated carbocycles. The van der Waals surface area contributed by atoms with Gasteiger partial charge in [-0.3, -0.25) is 24.1 Å². The van der Waals surface area contributed by atoms with Gasteiger partial charge in [0.05, 0.1) is 48.8 Å². The molecule has 2 aliphatic heterocycles. The average Bonchev–Trinajstić information content (AvgIpc) is 3.41. The first-order chi connectivity index (χ1) is 21.6. The minimum Gasteiger partial charge on any atom is -0.507 e. The summed E-state index contributed by atoms with van der Waals surface area (Å²) in [6.45, 7) is 1.78. The lowest BCUT2D eigenvalue weighted by Gasteiger charge is -2.49. The maximum atomic E-state index is 14.6. The second kappa shape index (κ2) is 10.7. The zero-order valence-corrected chi connectivity index (χ0v) is 27.1. The van der Waals surface area contributed by atoms with Crippen LogP contribution in [0, 0.1) is 32.7 Å². The molecule has 230 valence electrons. The molecule has 10 heteroatoms. The number of allylic oxidation sites excluding steroid dienone is 2. The number of para-hydroxylation sites is 1. The fourth-order valence-electron chi connectivity index (χ4n) is 8.16. The summed E-state index contributed by atoms with van der Waals surface area (Å²) < 4.78 is 12.1. The van der Waals surface area contributed by atoms with Crippen molar-refractivity contribution >= 4 is 57.6 Å². The van der Waals surface area contributed by atoms with Gasteiger partial charge in [0.1, 0.15) is 17.2 Å². The predicted octanol–water partition coefficient (Wildman–Crippen LogP) is 5.45. The van der Waals surface area contributed by atoms with Crippen molar-refractivity contribution in [2.24, 2.45) is 29.1 Å². The van der Waals surface area contributed by atoms with Crippen molar-refractivity contribution in [3.63, 3.8) is 0 Å². The molecule has 2 aliphatic carbocycles. The number of hydrogen-bond acceptors (Lipinski definition) is 7. The molecule has 4 aliphatic rings. The van der Waals surface area contributed by atoms with Gasteiger partial charge in [0.2, 0.25) is 23.6 Å². The van der Waals surface area contributed by atoms with Crippen LogP contribution < -0.4 is 19.3 Å². The Morgan fingerprint density at radius 2 is 1.53 bits per heavy atom. The number of imide groups is 2.